The van der Waals surface area contributed by atoms with Crippen molar-refractivity contribution < 1.29 is 14.3 Å². The third kappa shape index (κ3) is 4.41. The van der Waals surface area contributed by atoms with Gasteiger partial charge in [-0.2, -0.15) is 0 Å². The van der Waals surface area contributed by atoms with Gasteiger partial charge in [-0.3, -0.25) is 15.1 Å². The molecule has 0 bridgehead atoms. The molecule has 2 amide bonds. The van der Waals surface area contributed by atoms with E-state index in [0.29, 0.717) is 17.8 Å². The molecule has 0 aliphatic carbocycles. The van der Waals surface area contributed by atoms with Crippen LogP contribution in [0.4, 0.5) is 10.5 Å². The van der Waals surface area contributed by atoms with E-state index in [1.54, 1.807) is 18.2 Å². The zero-order chi connectivity index (χ0) is 19.4. The van der Waals surface area contributed by atoms with Crippen molar-refractivity contribution in [3.63, 3.8) is 0 Å². The molecule has 6 nitrogen and oxygen atoms in total. The Morgan fingerprint density at radius 3 is 2.48 bits per heavy atom. The maximum atomic E-state index is 12.7. The summed E-state index contributed by atoms with van der Waals surface area (Å²) in [7, 11) is 1.31. The quantitative estimate of drug-likeness (QED) is 0.735. The molecular formula is C21H21N3O3. The number of carbonyl (C=O) groups excluding carboxylic acids is 2. The van der Waals surface area contributed by atoms with Crippen LogP contribution >= 0.6 is 0 Å². The fraction of sp³-hybridized carbons (Fsp3) is 0.190. The van der Waals surface area contributed by atoms with Crippen molar-refractivity contribution in [1.29, 1.82) is 0 Å². The molecule has 3 aromatic rings. The first-order valence-electron chi connectivity index (χ1n) is 8.56. The summed E-state index contributed by atoms with van der Waals surface area (Å²) < 4.78 is 4.55. The van der Waals surface area contributed by atoms with E-state index in [9.17, 15) is 9.59 Å². The number of hydrogen-bond acceptors (Lipinski definition) is 4. The lowest BCUT2D eigenvalue weighted by atomic mass is 10.0. The summed E-state index contributed by atoms with van der Waals surface area (Å²) in [5, 5.41) is 6.38. The number of pyridine rings is 1. The summed E-state index contributed by atoms with van der Waals surface area (Å²) in [6, 6.07) is 14.9. The Balaban J connectivity index is 1.74. The molecule has 0 aliphatic rings. The van der Waals surface area contributed by atoms with E-state index in [4.69, 9.17) is 0 Å². The van der Waals surface area contributed by atoms with Gasteiger partial charge in [0.1, 0.15) is 0 Å². The number of hydrogen-bond donors (Lipinski definition) is 2. The van der Waals surface area contributed by atoms with Crippen molar-refractivity contribution in [2.45, 2.75) is 20.4 Å². The molecule has 27 heavy (non-hydrogen) atoms. The fourth-order valence-electron chi connectivity index (χ4n) is 2.81. The Morgan fingerprint density at radius 2 is 1.78 bits per heavy atom. The number of carbonyl (C=O) groups is 2. The summed E-state index contributed by atoms with van der Waals surface area (Å²) in [5.74, 6) is -0.145. The number of anilines is 1. The molecular weight excluding hydrogens is 342 g/mol. The lowest BCUT2D eigenvalue weighted by Crippen LogP contribution is -2.23. The molecule has 0 fully saturated rings. The highest BCUT2D eigenvalue weighted by Gasteiger charge is 2.12. The molecule has 138 valence electrons. The molecule has 2 N–H and O–H groups in total. The summed E-state index contributed by atoms with van der Waals surface area (Å²) in [4.78, 5) is 28.4. The smallest absolute Gasteiger partial charge is 0.411 e. The minimum atomic E-state index is -0.522. The topological polar surface area (TPSA) is 80.3 Å². The van der Waals surface area contributed by atoms with Crippen molar-refractivity contribution in [3.8, 4) is 0 Å². The van der Waals surface area contributed by atoms with Gasteiger partial charge in [0.25, 0.3) is 5.91 Å². The van der Waals surface area contributed by atoms with Crippen LogP contribution < -0.4 is 10.6 Å². The van der Waals surface area contributed by atoms with Crippen molar-refractivity contribution in [2.75, 3.05) is 12.4 Å². The molecule has 0 saturated heterocycles. The number of amides is 2. The van der Waals surface area contributed by atoms with Crippen LogP contribution in [0, 0.1) is 13.8 Å². The number of rotatable bonds is 4. The number of aromatic nitrogens is 1. The zero-order valence-electron chi connectivity index (χ0n) is 15.5. The first-order chi connectivity index (χ1) is 13.0. The van der Waals surface area contributed by atoms with E-state index in [1.807, 2.05) is 44.2 Å². The Bertz CT molecular complexity index is 997. The first-order valence-corrected chi connectivity index (χ1v) is 8.56. The number of nitrogens with zero attached hydrogens (tertiary/aromatic N) is 1. The predicted molar refractivity (Wildman–Crippen MR) is 105 cm³/mol. The third-order valence-electron chi connectivity index (χ3n) is 4.18. The number of methoxy groups -OCH3 is 1. The third-order valence-corrected chi connectivity index (χ3v) is 4.18. The predicted octanol–water partition coefficient (Wildman–Crippen LogP) is 3.96. The Labute approximate surface area is 157 Å². The molecule has 3 rings (SSSR count). The van der Waals surface area contributed by atoms with Crippen LogP contribution in [0.15, 0.2) is 48.5 Å². The van der Waals surface area contributed by atoms with Gasteiger partial charge in [0.15, 0.2) is 0 Å². The van der Waals surface area contributed by atoms with E-state index >= 15 is 0 Å². The van der Waals surface area contributed by atoms with E-state index < -0.39 is 6.09 Å². The molecule has 0 spiro atoms. The van der Waals surface area contributed by atoms with Crippen molar-refractivity contribution in [2.24, 2.45) is 0 Å². The summed E-state index contributed by atoms with van der Waals surface area (Å²) in [6.07, 6.45) is -0.522. The lowest BCUT2D eigenvalue weighted by Gasteiger charge is -2.10. The second-order valence-electron chi connectivity index (χ2n) is 6.33. The summed E-state index contributed by atoms with van der Waals surface area (Å²) in [6.45, 7) is 4.25. The highest BCUT2D eigenvalue weighted by Crippen LogP contribution is 2.20. The SMILES string of the molecule is COC(=O)Nc1ccc(CNC(=O)c2cc(C)nc3ccc(C)cc23)cc1. The van der Waals surface area contributed by atoms with Crippen LogP contribution in [0.5, 0.6) is 0 Å². The van der Waals surface area contributed by atoms with E-state index in [-0.39, 0.29) is 5.91 Å². The van der Waals surface area contributed by atoms with Crippen molar-refractivity contribution in [3.05, 3.63) is 70.9 Å². The summed E-state index contributed by atoms with van der Waals surface area (Å²) >= 11 is 0. The number of nitrogens with one attached hydrogen (secondary N) is 2. The van der Waals surface area contributed by atoms with Gasteiger partial charge in [0.2, 0.25) is 0 Å². The van der Waals surface area contributed by atoms with Crippen LogP contribution in [-0.4, -0.2) is 24.1 Å². The molecule has 1 heterocycles. The second-order valence-corrected chi connectivity index (χ2v) is 6.33. The molecule has 6 heteroatoms. The van der Waals surface area contributed by atoms with Crippen molar-refractivity contribution >= 4 is 28.6 Å². The molecule has 0 radical (unpaired) electrons. The van der Waals surface area contributed by atoms with Crippen molar-refractivity contribution in [1.82, 2.24) is 10.3 Å². The number of fused-ring (bicyclic) bond motifs is 1. The number of ether oxygens (including phenoxy) is 1. The molecule has 1 aromatic heterocycles. The highest BCUT2D eigenvalue weighted by molar-refractivity contribution is 6.06. The Morgan fingerprint density at radius 1 is 1.04 bits per heavy atom. The van der Waals surface area contributed by atoms with Gasteiger partial charge in [0.05, 0.1) is 18.2 Å². The average molecular weight is 363 g/mol. The van der Waals surface area contributed by atoms with E-state index in [0.717, 1.165) is 27.7 Å². The van der Waals surface area contributed by atoms with Gasteiger partial charge in [-0.15, -0.1) is 0 Å². The monoisotopic (exact) mass is 363 g/mol. The largest absolute Gasteiger partial charge is 0.453 e. The maximum Gasteiger partial charge on any atom is 0.411 e. The van der Waals surface area contributed by atoms with Crippen LogP contribution in [0.1, 0.15) is 27.2 Å². The van der Waals surface area contributed by atoms with Crippen LogP contribution in [0.3, 0.4) is 0 Å². The number of aryl methyl sites for hydroxylation is 2. The van der Waals surface area contributed by atoms with Gasteiger partial charge >= 0.3 is 6.09 Å². The van der Waals surface area contributed by atoms with Crippen LogP contribution in [0.2, 0.25) is 0 Å². The minimum absolute atomic E-state index is 0.145. The lowest BCUT2D eigenvalue weighted by molar-refractivity contribution is 0.0952. The number of benzene rings is 2. The van der Waals surface area contributed by atoms with Gasteiger partial charge in [-0.1, -0.05) is 23.8 Å². The Kier molecular flexibility index (Phi) is 5.35. The van der Waals surface area contributed by atoms with Gasteiger partial charge in [0, 0.05) is 23.3 Å². The normalized spacial score (nSPS) is 10.5. The van der Waals surface area contributed by atoms with Crippen LogP contribution in [0.25, 0.3) is 10.9 Å². The molecule has 0 aliphatic heterocycles. The van der Waals surface area contributed by atoms with Crippen LogP contribution in [-0.2, 0) is 11.3 Å². The standard InChI is InChI=1S/C21H21N3O3/c1-13-4-9-19-17(10-13)18(11-14(2)23-19)20(25)22-12-15-5-7-16(8-6-15)24-21(26)27-3/h4-11H,12H2,1-3H3,(H,22,25)(H,24,26). The van der Waals surface area contributed by atoms with Gasteiger partial charge < -0.3 is 10.1 Å². The van der Waals surface area contributed by atoms with E-state index in [2.05, 4.69) is 20.4 Å². The minimum Gasteiger partial charge on any atom is -0.453 e. The molecule has 0 unspecified atom stereocenters. The van der Waals surface area contributed by atoms with Gasteiger partial charge in [-0.25, -0.2) is 4.79 Å². The maximum absolute atomic E-state index is 12.7. The molecule has 2 aromatic carbocycles. The average Bonchev–Trinajstić information content (AvgIpc) is 2.66. The summed E-state index contributed by atoms with van der Waals surface area (Å²) in [5.41, 5.74) is 4.85. The first kappa shape index (κ1) is 18.4. The highest BCUT2D eigenvalue weighted by atomic mass is 16.5. The van der Waals surface area contributed by atoms with E-state index in [1.165, 1.54) is 7.11 Å². The Hall–Kier alpha value is -3.41. The second kappa shape index (κ2) is 7.86. The zero-order valence-corrected chi connectivity index (χ0v) is 15.5. The molecule has 0 saturated carbocycles. The molecule has 0 atom stereocenters. The van der Waals surface area contributed by atoms with Gasteiger partial charge in [-0.05, 0) is 49.7 Å². The fourth-order valence-corrected chi connectivity index (χ4v) is 2.81.